The lowest BCUT2D eigenvalue weighted by molar-refractivity contribution is -0.133. The summed E-state index contributed by atoms with van der Waals surface area (Å²) in [4.78, 5) is 18.9. The molecule has 0 spiro atoms. The van der Waals surface area contributed by atoms with Gasteiger partial charge >= 0.3 is 0 Å². The Kier molecular flexibility index (Phi) is 6.42. The molecule has 0 atom stereocenters. The van der Waals surface area contributed by atoms with E-state index in [1.54, 1.807) is 0 Å². The van der Waals surface area contributed by atoms with Crippen LogP contribution in [0, 0.1) is 5.92 Å². The first kappa shape index (κ1) is 13.5. The molecule has 0 bridgehead atoms. The van der Waals surface area contributed by atoms with Crippen molar-refractivity contribution in [2.45, 2.75) is 39.5 Å². The fraction of sp³-hybridized carbons (Fsp3) is 0.917. The van der Waals surface area contributed by atoms with Gasteiger partial charge in [-0.05, 0) is 18.8 Å². The van der Waals surface area contributed by atoms with Crippen molar-refractivity contribution in [2.24, 2.45) is 5.92 Å². The van der Waals surface area contributed by atoms with Crippen LogP contribution in [0.15, 0.2) is 0 Å². The molecule has 1 N–H and O–H groups in total. The van der Waals surface area contributed by atoms with Crippen LogP contribution in [0.2, 0.25) is 0 Å². The lowest BCUT2D eigenvalue weighted by atomic mass is 10.2. The van der Waals surface area contributed by atoms with E-state index in [4.69, 9.17) is 4.84 Å². The molecule has 0 aromatic heterocycles. The summed E-state index contributed by atoms with van der Waals surface area (Å²) < 4.78 is 0. The Labute approximate surface area is 98.3 Å². The Morgan fingerprint density at radius 1 is 1.25 bits per heavy atom. The first-order valence-corrected chi connectivity index (χ1v) is 6.32. The number of carbonyl (C=O) groups is 1. The van der Waals surface area contributed by atoms with Gasteiger partial charge in [0.2, 0.25) is 5.91 Å². The van der Waals surface area contributed by atoms with Gasteiger partial charge in [-0.3, -0.25) is 4.79 Å². The number of hydrogen-bond acceptors (Lipinski definition) is 3. The van der Waals surface area contributed by atoms with Crippen LogP contribution < -0.4 is 5.48 Å². The number of likely N-dealkylation sites (tertiary alicyclic amines) is 1. The molecule has 94 valence electrons. The van der Waals surface area contributed by atoms with Crippen LogP contribution >= 0.6 is 0 Å². The minimum absolute atomic E-state index is 0.158. The van der Waals surface area contributed by atoms with Gasteiger partial charge in [-0.15, -0.1) is 0 Å². The molecule has 1 saturated heterocycles. The Morgan fingerprint density at radius 3 is 2.44 bits per heavy atom. The predicted octanol–water partition coefficient (Wildman–Crippen LogP) is 1.57. The van der Waals surface area contributed by atoms with Gasteiger partial charge in [0.25, 0.3) is 0 Å². The number of hydrogen-bond donors (Lipinski definition) is 1. The van der Waals surface area contributed by atoms with E-state index in [2.05, 4.69) is 19.3 Å². The summed E-state index contributed by atoms with van der Waals surface area (Å²) in [5.41, 5.74) is 2.74. The fourth-order valence-electron chi connectivity index (χ4n) is 1.77. The summed E-state index contributed by atoms with van der Waals surface area (Å²) >= 11 is 0. The molecule has 4 heteroatoms. The molecule has 1 heterocycles. The highest BCUT2D eigenvalue weighted by Crippen LogP contribution is 2.09. The number of carbonyl (C=O) groups excluding carboxylic acids is 1. The molecule has 0 saturated carbocycles. The summed E-state index contributed by atoms with van der Waals surface area (Å²) in [5.74, 6) is 0.645. The molecule has 0 aromatic carbocycles. The highest BCUT2D eigenvalue weighted by Gasteiger charge is 2.14. The van der Waals surface area contributed by atoms with Crippen molar-refractivity contribution in [1.82, 2.24) is 10.4 Å². The van der Waals surface area contributed by atoms with Crippen LogP contribution in [-0.4, -0.2) is 37.0 Å². The molecule has 16 heavy (non-hydrogen) atoms. The lowest BCUT2D eigenvalue weighted by Gasteiger charge is -2.20. The molecule has 1 amide bonds. The van der Waals surface area contributed by atoms with E-state index >= 15 is 0 Å². The predicted molar refractivity (Wildman–Crippen MR) is 63.8 cm³/mol. The topological polar surface area (TPSA) is 41.6 Å². The number of nitrogens with one attached hydrogen (secondary N) is 1. The Balaban J connectivity index is 2.13. The molecule has 1 fully saturated rings. The average Bonchev–Trinajstić information content (AvgIpc) is 2.52. The maximum atomic E-state index is 11.8. The van der Waals surface area contributed by atoms with E-state index in [1.807, 2.05) is 4.90 Å². The molecule has 1 aliphatic heterocycles. The molecule has 0 aliphatic carbocycles. The zero-order valence-corrected chi connectivity index (χ0v) is 10.5. The Morgan fingerprint density at radius 2 is 1.88 bits per heavy atom. The summed E-state index contributed by atoms with van der Waals surface area (Å²) in [6.45, 7) is 6.92. The molecule has 0 aromatic rings. The van der Waals surface area contributed by atoms with Crippen molar-refractivity contribution >= 4 is 5.91 Å². The van der Waals surface area contributed by atoms with Gasteiger partial charge in [0.05, 0.1) is 6.61 Å². The Hall–Kier alpha value is -0.610. The fourth-order valence-corrected chi connectivity index (χ4v) is 1.77. The van der Waals surface area contributed by atoms with Crippen LogP contribution in [0.3, 0.4) is 0 Å². The van der Waals surface area contributed by atoms with E-state index in [9.17, 15) is 4.79 Å². The van der Waals surface area contributed by atoms with E-state index in [-0.39, 0.29) is 5.91 Å². The van der Waals surface area contributed by atoms with Gasteiger partial charge in [0.1, 0.15) is 6.54 Å². The molecule has 4 nitrogen and oxygen atoms in total. The van der Waals surface area contributed by atoms with Crippen molar-refractivity contribution in [2.75, 3.05) is 26.2 Å². The van der Waals surface area contributed by atoms with Gasteiger partial charge in [-0.2, -0.15) is 5.48 Å². The smallest absolute Gasteiger partial charge is 0.238 e. The third kappa shape index (κ3) is 5.47. The van der Waals surface area contributed by atoms with Crippen molar-refractivity contribution in [3.63, 3.8) is 0 Å². The van der Waals surface area contributed by atoms with Crippen LogP contribution in [0.1, 0.15) is 39.5 Å². The Bertz CT molecular complexity index is 199. The monoisotopic (exact) mass is 228 g/mol. The lowest BCUT2D eigenvalue weighted by Crippen LogP contribution is -2.39. The quantitative estimate of drug-likeness (QED) is 0.573. The van der Waals surface area contributed by atoms with Crippen LogP contribution in [0.4, 0.5) is 0 Å². The highest BCUT2D eigenvalue weighted by atomic mass is 16.6. The van der Waals surface area contributed by atoms with E-state index in [1.165, 1.54) is 12.8 Å². The minimum atomic E-state index is 0.158. The highest BCUT2D eigenvalue weighted by molar-refractivity contribution is 5.78. The number of hydroxylamine groups is 1. The second kappa shape index (κ2) is 7.63. The van der Waals surface area contributed by atoms with Crippen LogP contribution in [0.5, 0.6) is 0 Å². The SMILES string of the molecule is CC(C)CONCC(=O)N1CCCCCC1. The van der Waals surface area contributed by atoms with Gasteiger partial charge in [0, 0.05) is 13.1 Å². The summed E-state index contributed by atoms with van der Waals surface area (Å²) in [7, 11) is 0. The number of amides is 1. The van der Waals surface area contributed by atoms with Gasteiger partial charge in [-0.25, -0.2) is 0 Å². The zero-order valence-electron chi connectivity index (χ0n) is 10.5. The van der Waals surface area contributed by atoms with E-state index < -0.39 is 0 Å². The zero-order chi connectivity index (χ0) is 11.8. The van der Waals surface area contributed by atoms with Crippen molar-refractivity contribution in [3.8, 4) is 0 Å². The van der Waals surface area contributed by atoms with Gasteiger partial charge < -0.3 is 9.74 Å². The minimum Gasteiger partial charge on any atom is -0.342 e. The van der Waals surface area contributed by atoms with Gasteiger partial charge in [0.15, 0.2) is 0 Å². The maximum absolute atomic E-state index is 11.8. The number of rotatable bonds is 5. The first-order valence-electron chi connectivity index (χ1n) is 6.32. The number of nitrogens with zero attached hydrogens (tertiary/aromatic N) is 1. The molecule has 0 unspecified atom stereocenters. The first-order chi connectivity index (χ1) is 7.70. The van der Waals surface area contributed by atoms with E-state index in [0.29, 0.717) is 19.1 Å². The van der Waals surface area contributed by atoms with Crippen LogP contribution in [-0.2, 0) is 9.63 Å². The van der Waals surface area contributed by atoms with E-state index in [0.717, 1.165) is 25.9 Å². The molecule has 1 rings (SSSR count). The largest absolute Gasteiger partial charge is 0.342 e. The average molecular weight is 228 g/mol. The molecule has 1 aliphatic rings. The van der Waals surface area contributed by atoms with Gasteiger partial charge in [-0.1, -0.05) is 26.7 Å². The summed E-state index contributed by atoms with van der Waals surface area (Å²) in [6, 6.07) is 0. The normalized spacial score (nSPS) is 17.6. The third-order valence-electron chi connectivity index (χ3n) is 2.70. The molecular weight excluding hydrogens is 204 g/mol. The van der Waals surface area contributed by atoms with Crippen molar-refractivity contribution in [1.29, 1.82) is 0 Å². The second-order valence-corrected chi connectivity index (χ2v) is 4.82. The van der Waals surface area contributed by atoms with Crippen LogP contribution in [0.25, 0.3) is 0 Å². The maximum Gasteiger partial charge on any atom is 0.238 e. The van der Waals surface area contributed by atoms with Crippen molar-refractivity contribution < 1.29 is 9.63 Å². The second-order valence-electron chi connectivity index (χ2n) is 4.82. The summed E-state index contributed by atoms with van der Waals surface area (Å²) in [6.07, 6.45) is 4.78. The molecular formula is C12H24N2O2. The standard InChI is InChI=1S/C12H24N2O2/c1-11(2)10-16-13-9-12(15)14-7-5-3-4-6-8-14/h11,13H,3-10H2,1-2H3. The molecule has 0 radical (unpaired) electrons. The summed E-state index contributed by atoms with van der Waals surface area (Å²) in [5, 5.41) is 0. The third-order valence-corrected chi connectivity index (χ3v) is 2.70. The van der Waals surface area contributed by atoms with Crippen molar-refractivity contribution in [3.05, 3.63) is 0 Å².